The van der Waals surface area contributed by atoms with Gasteiger partial charge in [0, 0.05) is 59.3 Å². The van der Waals surface area contributed by atoms with E-state index in [1.54, 1.807) is 24.5 Å². The van der Waals surface area contributed by atoms with Gasteiger partial charge in [0.1, 0.15) is 17.9 Å². The van der Waals surface area contributed by atoms with Gasteiger partial charge < -0.3 is 14.6 Å². The Morgan fingerprint density at radius 1 is 1.15 bits per heavy atom. The summed E-state index contributed by atoms with van der Waals surface area (Å²) in [5.74, 6) is 0.559. The number of hydrogen-bond acceptors (Lipinski definition) is 5. The van der Waals surface area contributed by atoms with Crippen LogP contribution < -0.4 is 10.1 Å². The molecule has 0 saturated heterocycles. The predicted molar refractivity (Wildman–Crippen MR) is 122 cm³/mol. The van der Waals surface area contributed by atoms with Gasteiger partial charge in [-0.2, -0.15) is 0 Å². The Balaban J connectivity index is 1.71. The van der Waals surface area contributed by atoms with Gasteiger partial charge in [0.05, 0.1) is 11.0 Å². The minimum Gasteiger partial charge on any atom is -0.420 e. The van der Waals surface area contributed by atoms with Crippen molar-refractivity contribution in [2.24, 2.45) is 7.05 Å². The second-order valence-corrected chi connectivity index (χ2v) is 8.17. The van der Waals surface area contributed by atoms with Crippen LogP contribution in [0.3, 0.4) is 0 Å². The van der Waals surface area contributed by atoms with E-state index in [9.17, 15) is 13.6 Å². The third-order valence-electron chi connectivity index (χ3n) is 5.02. The van der Waals surface area contributed by atoms with Crippen LogP contribution in [0.2, 0.25) is 0 Å². The number of aryl methyl sites for hydroxylation is 1. The van der Waals surface area contributed by atoms with E-state index in [1.165, 1.54) is 30.6 Å². The lowest BCUT2D eigenvalue weighted by Crippen LogP contribution is -2.16. The number of nitrogens with one attached hydrogen (secondary N) is 1. The van der Waals surface area contributed by atoms with Crippen molar-refractivity contribution in [3.63, 3.8) is 0 Å². The molecule has 2 aromatic heterocycles. The van der Waals surface area contributed by atoms with Crippen LogP contribution in [0.15, 0.2) is 55.1 Å². The van der Waals surface area contributed by atoms with Crippen LogP contribution in [0.5, 0.6) is 5.75 Å². The van der Waals surface area contributed by atoms with Gasteiger partial charge in [-0.15, -0.1) is 8.78 Å². The van der Waals surface area contributed by atoms with Gasteiger partial charge in [-0.3, -0.25) is 4.79 Å². The quantitative estimate of drug-likeness (QED) is 0.371. The summed E-state index contributed by atoms with van der Waals surface area (Å²) in [6, 6.07) is 8.97. The first-order valence-electron chi connectivity index (χ1n) is 10.1. The van der Waals surface area contributed by atoms with Crippen molar-refractivity contribution in [3.8, 4) is 16.9 Å². The van der Waals surface area contributed by atoms with Gasteiger partial charge >= 0.3 is 5.57 Å². The fourth-order valence-electron chi connectivity index (χ4n) is 3.55. The molecule has 33 heavy (non-hydrogen) atoms. The minimum atomic E-state index is -3.81. The number of imidazole rings is 1. The largest absolute Gasteiger partial charge is 0.487 e. The molecule has 0 spiro atoms. The average Bonchev–Trinajstić information content (AvgIpc) is 3.11. The number of anilines is 1. The average molecular weight is 472 g/mol. The molecular formula is C23H20ClF2N5O2. The fourth-order valence-corrected chi connectivity index (χ4v) is 3.64. The Kier molecular flexibility index (Phi) is 5.99. The maximum absolute atomic E-state index is 13.1. The van der Waals surface area contributed by atoms with E-state index >= 15 is 0 Å². The first-order valence-corrected chi connectivity index (χ1v) is 10.4. The number of ether oxygens (including phenoxy) is 1. The van der Waals surface area contributed by atoms with E-state index in [4.69, 9.17) is 16.6 Å². The molecule has 2 heterocycles. The predicted octanol–water partition coefficient (Wildman–Crippen LogP) is 5.57. The number of halogens is 3. The standard InChI is InChI=1S/C23H20ClF2N5O2/c1-13(2)21-30-20-18(15-10-27-12-28-11-15)8-14(9-19(20)31(21)3)22(32)29-16-4-6-17(7-5-16)33-23(24,25)26/h4-13H,1-3H3,(H,29,32). The SMILES string of the molecule is CC(C)c1nc2c(-c3cncnc3)cc(C(=O)Nc3ccc(OC(F)(F)Cl)cc3)cc2n1C. The molecule has 1 N–H and O–H groups in total. The Labute approximate surface area is 193 Å². The van der Waals surface area contributed by atoms with Crippen molar-refractivity contribution in [1.82, 2.24) is 19.5 Å². The number of aromatic nitrogens is 4. The zero-order valence-corrected chi connectivity index (χ0v) is 18.8. The third-order valence-corrected chi connectivity index (χ3v) is 5.09. The maximum atomic E-state index is 13.1. The van der Waals surface area contributed by atoms with Crippen molar-refractivity contribution >= 4 is 34.2 Å². The second-order valence-electron chi connectivity index (χ2n) is 7.73. The van der Waals surface area contributed by atoms with Crippen LogP contribution in [0.4, 0.5) is 14.5 Å². The summed E-state index contributed by atoms with van der Waals surface area (Å²) in [5, 5.41) is 2.76. The topological polar surface area (TPSA) is 81.9 Å². The highest BCUT2D eigenvalue weighted by Crippen LogP contribution is 2.32. The monoisotopic (exact) mass is 471 g/mol. The number of nitrogens with zero attached hydrogens (tertiary/aromatic N) is 4. The number of amides is 1. The molecule has 0 aliphatic heterocycles. The molecule has 2 aromatic carbocycles. The van der Waals surface area contributed by atoms with E-state index in [2.05, 4.69) is 20.0 Å². The second kappa shape index (κ2) is 8.74. The number of carbonyl (C=O) groups excluding carboxylic acids is 1. The van der Waals surface area contributed by atoms with Crippen LogP contribution >= 0.6 is 11.6 Å². The van der Waals surface area contributed by atoms with E-state index in [0.29, 0.717) is 11.3 Å². The molecule has 0 aliphatic rings. The highest BCUT2D eigenvalue weighted by atomic mass is 35.5. The van der Waals surface area contributed by atoms with Crippen molar-refractivity contribution in [1.29, 1.82) is 0 Å². The molecule has 0 fully saturated rings. The number of carbonyl (C=O) groups is 1. The van der Waals surface area contributed by atoms with Gasteiger partial charge in [0.15, 0.2) is 0 Å². The Morgan fingerprint density at radius 3 is 2.42 bits per heavy atom. The zero-order chi connectivity index (χ0) is 23.8. The summed E-state index contributed by atoms with van der Waals surface area (Å²) in [6.07, 6.45) is 4.76. The van der Waals surface area contributed by atoms with E-state index in [1.807, 2.05) is 25.5 Å². The fraction of sp³-hybridized carbons (Fsp3) is 0.217. The van der Waals surface area contributed by atoms with Crippen LogP contribution in [-0.2, 0) is 7.05 Å². The molecule has 0 bridgehead atoms. The normalized spacial score (nSPS) is 11.7. The zero-order valence-electron chi connectivity index (χ0n) is 18.0. The number of hydrogen-bond donors (Lipinski definition) is 1. The number of rotatable bonds is 6. The van der Waals surface area contributed by atoms with Crippen molar-refractivity contribution in [2.45, 2.75) is 25.3 Å². The molecular weight excluding hydrogens is 452 g/mol. The smallest absolute Gasteiger partial charge is 0.420 e. The Bertz CT molecular complexity index is 1300. The van der Waals surface area contributed by atoms with E-state index < -0.39 is 5.57 Å². The summed E-state index contributed by atoms with van der Waals surface area (Å²) in [4.78, 5) is 26.0. The molecule has 4 aromatic rings. The molecule has 0 atom stereocenters. The lowest BCUT2D eigenvalue weighted by Gasteiger charge is -2.12. The molecule has 10 heteroatoms. The summed E-state index contributed by atoms with van der Waals surface area (Å²) in [5.41, 5.74) is -0.0114. The minimum absolute atomic E-state index is 0.128. The molecule has 4 rings (SSSR count). The Morgan fingerprint density at radius 2 is 1.82 bits per heavy atom. The lowest BCUT2D eigenvalue weighted by molar-refractivity contribution is -0.0964. The highest BCUT2D eigenvalue weighted by molar-refractivity contribution is 6.20. The van der Waals surface area contributed by atoms with Gasteiger partial charge in [-0.05, 0) is 36.4 Å². The summed E-state index contributed by atoms with van der Waals surface area (Å²) >= 11 is 4.78. The molecule has 7 nitrogen and oxygen atoms in total. The summed E-state index contributed by atoms with van der Waals surface area (Å²) in [6.45, 7) is 4.10. The summed E-state index contributed by atoms with van der Waals surface area (Å²) in [7, 11) is 1.91. The Hall–Kier alpha value is -3.59. The maximum Gasteiger partial charge on any atom is 0.487 e. The van der Waals surface area contributed by atoms with Crippen molar-refractivity contribution in [2.75, 3.05) is 5.32 Å². The third kappa shape index (κ3) is 4.93. The van der Waals surface area contributed by atoms with Crippen LogP contribution in [0, 0.1) is 0 Å². The molecule has 0 unspecified atom stereocenters. The molecule has 1 amide bonds. The molecule has 0 saturated carbocycles. The lowest BCUT2D eigenvalue weighted by atomic mass is 10.0. The first-order chi connectivity index (χ1) is 15.6. The summed E-state index contributed by atoms with van der Waals surface area (Å²) < 4.78 is 31.8. The number of fused-ring (bicyclic) bond motifs is 1. The highest BCUT2D eigenvalue weighted by Gasteiger charge is 2.27. The molecule has 0 radical (unpaired) electrons. The first kappa shape index (κ1) is 22.6. The van der Waals surface area contributed by atoms with Crippen molar-refractivity contribution < 1.29 is 18.3 Å². The van der Waals surface area contributed by atoms with Gasteiger partial charge in [-0.25, -0.2) is 15.0 Å². The van der Waals surface area contributed by atoms with Crippen LogP contribution in [0.1, 0.15) is 35.9 Å². The van der Waals surface area contributed by atoms with E-state index in [-0.39, 0.29) is 17.6 Å². The number of benzene rings is 2. The number of alkyl halides is 3. The molecule has 170 valence electrons. The van der Waals surface area contributed by atoms with Gasteiger partial charge in [0.25, 0.3) is 5.91 Å². The van der Waals surface area contributed by atoms with Gasteiger partial charge in [-0.1, -0.05) is 13.8 Å². The van der Waals surface area contributed by atoms with Crippen LogP contribution in [0.25, 0.3) is 22.2 Å². The van der Waals surface area contributed by atoms with Crippen molar-refractivity contribution in [3.05, 3.63) is 66.5 Å². The van der Waals surface area contributed by atoms with Crippen LogP contribution in [-0.4, -0.2) is 31.0 Å². The van der Waals surface area contributed by atoms with Gasteiger partial charge in [0.2, 0.25) is 0 Å². The molecule has 0 aliphatic carbocycles. The van der Waals surface area contributed by atoms with E-state index in [0.717, 1.165) is 28.0 Å².